The van der Waals surface area contributed by atoms with Crippen LogP contribution in [0.5, 0.6) is 0 Å². The third-order valence-corrected chi connectivity index (χ3v) is 2.89. The third kappa shape index (κ3) is 6.54. The summed E-state index contributed by atoms with van der Waals surface area (Å²) >= 11 is 0. The van der Waals surface area contributed by atoms with Crippen molar-refractivity contribution in [2.45, 2.75) is 19.3 Å². The van der Waals surface area contributed by atoms with E-state index in [2.05, 4.69) is 24.7 Å². The summed E-state index contributed by atoms with van der Waals surface area (Å²) in [4.78, 5) is 36.9. The van der Waals surface area contributed by atoms with Crippen molar-refractivity contribution < 1.29 is 24.6 Å². The monoisotopic (exact) mass is 317 g/mol. The lowest BCUT2D eigenvalue weighted by atomic mass is 9.88. The van der Waals surface area contributed by atoms with Gasteiger partial charge >= 0.3 is 11.9 Å². The highest BCUT2D eigenvalue weighted by molar-refractivity contribution is 5.99. The highest BCUT2D eigenvalue weighted by Gasteiger charge is 2.25. The molecule has 23 heavy (non-hydrogen) atoms. The van der Waals surface area contributed by atoms with Crippen molar-refractivity contribution in [2.75, 3.05) is 0 Å². The van der Waals surface area contributed by atoms with E-state index in [-0.39, 0.29) is 36.1 Å². The predicted octanol–water partition coefficient (Wildman–Crippen LogP) is 3.02. The topological polar surface area (TPSA) is 104 Å². The number of carbonyl (C=O) groups excluding carboxylic acids is 1. The number of hydrogen-bond acceptors (Lipinski definition) is 4. The largest absolute Gasteiger partial charge is 0.478 e. The maximum Gasteiger partial charge on any atom is 0.332 e. The molecule has 0 aliphatic rings. The Labute approximate surface area is 134 Å². The summed E-state index contributed by atoms with van der Waals surface area (Å²) in [6.07, 6.45) is 7.36. The van der Waals surface area contributed by atoms with Crippen LogP contribution in [-0.2, 0) is 14.4 Å². The van der Waals surface area contributed by atoms with Crippen molar-refractivity contribution in [2.24, 2.45) is 10.9 Å². The first-order chi connectivity index (χ1) is 10.9. The number of carboxylic acids is 2. The lowest BCUT2D eigenvalue weighted by Gasteiger charge is -2.16. The molecule has 0 heterocycles. The van der Waals surface area contributed by atoms with E-state index < -0.39 is 17.9 Å². The molecule has 0 rings (SSSR count). The van der Waals surface area contributed by atoms with Gasteiger partial charge in [0.1, 0.15) is 0 Å². The molecule has 0 radical (unpaired) electrons. The van der Waals surface area contributed by atoms with Crippen LogP contribution in [0.2, 0.25) is 0 Å². The van der Waals surface area contributed by atoms with Crippen molar-refractivity contribution >= 4 is 18.0 Å². The van der Waals surface area contributed by atoms with E-state index in [1.165, 1.54) is 30.4 Å². The highest BCUT2D eigenvalue weighted by Crippen LogP contribution is 2.26. The summed E-state index contributed by atoms with van der Waals surface area (Å²) in [6.45, 7) is 10.5. The molecule has 1 unspecified atom stereocenters. The second kappa shape index (κ2) is 10.7. The van der Waals surface area contributed by atoms with Gasteiger partial charge in [-0.15, -0.1) is 19.7 Å². The predicted molar refractivity (Wildman–Crippen MR) is 86.4 cm³/mol. The molecule has 0 aromatic heterocycles. The SMILES string of the molecule is C=CCC(=CC(CC=C)/C(C(=O)O)=C(\CC=C)C(=O)O)N=C=O. The van der Waals surface area contributed by atoms with E-state index in [0.29, 0.717) is 0 Å². The number of nitrogens with zero attached hydrogens (tertiary/aromatic N) is 1. The van der Waals surface area contributed by atoms with Crippen LogP contribution >= 0.6 is 0 Å². The van der Waals surface area contributed by atoms with E-state index in [1.807, 2.05) is 0 Å². The summed E-state index contributed by atoms with van der Waals surface area (Å²) < 4.78 is 0. The molecule has 0 aromatic rings. The lowest BCUT2D eigenvalue weighted by Crippen LogP contribution is -2.18. The van der Waals surface area contributed by atoms with Gasteiger partial charge in [0.2, 0.25) is 6.08 Å². The van der Waals surface area contributed by atoms with Gasteiger partial charge in [-0.1, -0.05) is 24.3 Å². The fourth-order valence-electron chi connectivity index (χ4n) is 2.01. The second-order valence-corrected chi connectivity index (χ2v) is 4.48. The third-order valence-electron chi connectivity index (χ3n) is 2.89. The fourth-order valence-corrected chi connectivity index (χ4v) is 2.01. The van der Waals surface area contributed by atoms with E-state index in [9.17, 15) is 24.6 Å². The summed E-state index contributed by atoms with van der Waals surface area (Å²) in [7, 11) is 0. The molecule has 0 saturated carbocycles. The van der Waals surface area contributed by atoms with Gasteiger partial charge in [-0.05, 0) is 12.8 Å². The van der Waals surface area contributed by atoms with E-state index in [1.54, 1.807) is 0 Å². The number of aliphatic imine (C=N–C) groups is 1. The number of carboxylic acid groups (broad SMARTS) is 2. The number of allylic oxidation sites excluding steroid dienone is 4. The van der Waals surface area contributed by atoms with Crippen LogP contribution in [-0.4, -0.2) is 28.2 Å². The van der Waals surface area contributed by atoms with Gasteiger partial charge < -0.3 is 10.2 Å². The molecule has 0 bridgehead atoms. The molecule has 2 N–H and O–H groups in total. The molecule has 0 fully saturated rings. The molecule has 0 aliphatic heterocycles. The average Bonchev–Trinajstić information content (AvgIpc) is 2.46. The van der Waals surface area contributed by atoms with Crippen LogP contribution in [0.25, 0.3) is 0 Å². The summed E-state index contributed by atoms with van der Waals surface area (Å²) in [5.41, 5.74) is -0.312. The van der Waals surface area contributed by atoms with Crippen LogP contribution in [0.4, 0.5) is 0 Å². The zero-order valence-electron chi connectivity index (χ0n) is 12.7. The van der Waals surface area contributed by atoms with Crippen molar-refractivity contribution in [3.05, 3.63) is 60.9 Å². The van der Waals surface area contributed by atoms with Crippen molar-refractivity contribution in [3.63, 3.8) is 0 Å². The van der Waals surface area contributed by atoms with E-state index in [4.69, 9.17) is 0 Å². The molecule has 0 aromatic carbocycles. The molecule has 1 atom stereocenters. The molecular weight excluding hydrogens is 298 g/mol. The summed E-state index contributed by atoms with van der Waals surface area (Å²) in [5.74, 6) is -3.50. The molecular formula is C17H19NO5. The Hall–Kier alpha value is -2.98. The molecule has 0 amide bonds. The fraction of sp³-hybridized carbons (Fsp3) is 0.235. The Morgan fingerprint density at radius 3 is 2.04 bits per heavy atom. The molecule has 122 valence electrons. The zero-order valence-corrected chi connectivity index (χ0v) is 12.7. The van der Waals surface area contributed by atoms with E-state index >= 15 is 0 Å². The second-order valence-electron chi connectivity index (χ2n) is 4.48. The van der Waals surface area contributed by atoms with Gasteiger partial charge in [0.25, 0.3) is 0 Å². The highest BCUT2D eigenvalue weighted by atomic mass is 16.4. The van der Waals surface area contributed by atoms with Gasteiger partial charge in [0.05, 0.1) is 16.8 Å². The minimum Gasteiger partial charge on any atom is -0.478 e. The van der Waals surface area contributed by atoms with Gasteiger partial charge in [-0.25, -0.2) is 14.4 Å². The van der Waals surface area contributed by atoms with Crippen LogP contribution < -0.4 is 0 Å². The van der Waals surface area contributed by atoms with Crippen LogP contribution in [0, 0.1) is 5.92 Å². The minimum atomic E-state index is -1.36. The number of isocyanates is 1. The summed E-state index contributed by atoms with van der Waals surface area (Å²) in [6, 6.07) is 0. The lowest BCUT2D eigenvalue weighted by molar-refractivity contribution is -0.136. The maximum absolute atomic E-state index is 11.6. The van der Waals surface area contributed by atoms with Gasteiger partial charge in [0.15, 0.2) is 0 Å². The van der Waals surface area contributed by atoms with Crippen LogP contribution in [0.3, 0.4) is 0 Å². The first-order valence-electron chi connectivity index (χ1n) is 6.73. The number of aliphatic carboxylic acids is 2. The normalized spacial score (nSPS) is 13.1. The Balaban J connectivity index is 6.29. The standard InChI is InChI=1S/C17H19NO5/c1-4-7-12(10-13(8-5-2)18-11-19)15(17(22)23)14(9-6-3)16(20)21/h4-6,10,12H,1-3,7-9H2,(H,20,21)(H,22,23)/b13-10?,15-14-. The van der Waals surface area contributed by atoms with E-state index in [0.717, 1.165) is 0 Å². The van der Waals surface area contributed by atoms with Crippen molar-refractivity contribution in [1.29, 1.82) is 0 Å². The molecule has 0 aliphatic carbocycles. The Kier molecular flexibility index (Phi) is 9.32. The Morgan fingerprint density at radius 1 is 1.04 bits per heavy atom. The Morgan fingerprint density at radius 2 is 1.65 bits per heavy atom. The van der Waals surface area contributed by atoms with Crippen molar-refractivity contribution in [1.82, 2.24) is 0 Å². The quantitative estimate of drug-likeness (QED) is 0.264. The number of hydrogen-bond donors (Lipinski definition) is 2. The summed E-state index contributed by atoms with van der Waals surface area (Å²) in [5, 5.41) is 18.7. The molecule has 0 spiro atoms. The Bertz CT molecular complexity index is 606. The van der Waals surface area contributed by atoms with Crippen LogP contribution in [0.15, 0.2) is 65.9 Å². The molecule has 6 nitrogen and oxygen atoms in total. The smallest absolute Gasteiger partial charge is 0.332 e. The first-order valence-corrected chi connectivity index (χ1v) is 6.73. The van der Waals surface area contributed by atoms with Crippen LogP contribution in [0.1, 0.15) is 19.3 Å². The maximum atomic E-state index is 11.6. The first kappa shape index (κ1) is 20.0. The van der Waals surface area contributed by atoms with Crippen molar-refractivity contribution in [3.8, 4) is 0 Å². The van der Waals surface area contributed by atoms with Gasteiger partial charge in [0, 0.05) is 12.3 Å². The van der Waals surface area contributed by atoms with Gasteiger partial charge in [-0.2, -0.15) is 4.99 Å². The van der Waals surface area contributed by atoms with Gasteiger partial charge in [-0.3, -0.25) is 0 Å². The zero-order chi connectivity index (χ0) is 17.8. The number of carbonyl (C=O) groups is 2. The molecule has 6 heteroatoms. The molecule has 0 saturated heterocycles. The number of rotatable bonds is 11. The average molecular weight is 317 g/mol. The minimum absolute atomic E-state index is 0.105.